The maximum atomic E-state index is 12.4. The number of rotatable bonds is 4. The molecule has 1 saturated heterocycles. The van der Waals surface area contributed by atoms with Crippen LogP contribution in [0.3, 0.4) is 0 Å². The fourth-order valence-electron chi connectivity index (χ4n) is 3.00. The van der Waals surface area contributed by atoms with Gasteiger partial charge in [0, 0.05) is 44.0 Å². The lowest BCUT2D eigenvalue weighted by molar-refractivity contribution is 0.0714. The Morgan fingerprint density at radius 2 is 1.96 bits per heavy atom. The largest absolute Gasteiger partial charge is 0.459 e. The van der Waals surface area contributed by atoms with Gasteiger partial charge in [0.15, 0.2) is 11.6 Å². The predicted octanol–water partition coefficient (Wildman–Crippen LogP) is 2.38. The van der Waals surface area contributed by atoms with E-state index in [0.29, 0.717) is 49.5 Å². The van der Waals surface area contributed by atoms with Crippen LogP contribution in [0, 0.1) is 13.8 Å². The lowest BCUT2D eigenvalue weighted by Gasteiger charge is -2.35. The number of nitrogens with zero attached hydrogens (tertiary/aromatic N) is 5. The highest BCUT2D eigenvalue weighted by molar-refractivity contribution is 5.91. The number of hydrogen-bond acceptors (Lipinski definition) is 8. The number of furan rings is 1. The molecule has 9 nitrogen and oxygen atoms in total. The van der Waals surface area contributed by atoms with Crippen LogP contribution in [0.5, 0.6) is 0 Å². The van der Waals surface area contributed by atoms with Gasteiger partial charge in [-0.05, 0) is 26.0 Å². The van der Waals surface area contributed by atoms with Crippen molar-refractivity contribution in [3.8, 4) is 0 Å². The molecule has 0 saturated carbocycles. The lowest BCUT2D eigenvalue weighted by Crippen LogP contribution is -2.49. The zero-order valence-electron chi connectivity index (χ0n) is 15.2. The summed E-state index contributed by atoms with van der Waals surface area (Å²) in [6, 6.07) is 7.12. The first-order chi connectivity index (χ1) is 13.1. The van der Waals surface area contributed by atoms with Gasteiger partial charge in [0.1, 0.15) is 11.6 Å². The molecule has 0 unspecified atom stereocenters. The summed E-state index contributed by atoms with van der Waals surface area (Å²) in [7, 11) is 0. The van der Waals surface area contributed by atoms with Crippen LogP contribution in [0.4, 0.5) is 17.6 Å². The maximum Gasteiger partial charge on any atom is 0.289 e. The fourth-order valence-corrected chi connectivity index (χ4v) is 3.00. The van der Waals surface area contributed by atoms with Gasteiger partial charge in [0.25, 0.3) is 5.91 Å². The van der Waals surface area contributed by atoms with Crippen molar-refractivity contribution in [3.05, 3.63) is 47.7 Å². The lowest BCUT2D eigenvalue weighted by atomic mass is 10.2. The van der Waals surface area contributed by atoms with Crippen LogP contribution in [0.15, 0.2) is 39.5 Å². The number of piperazine rings is 1. The predicted molar refractivity (Wildman–Crippen MR) is 98.1 cm³/mol. The van der Waals surface area contributed by atoms with Gasteiger partial charge in [-0.3, -0.25) is 4.79 Å². The number of carbonyl (C=O) groups is 1. The van der Waals surface area contributed by atoms with E-state index in [9.17, 15) is 4.79 Å². The van der Waals surface area contributed by atoms with Crippen molar-refractivity contribution in [1.29, 1.82) is 0 Å². The van der Waals surface area contributed by atoms with Crippen LogP contribution in [-0.2, 0) is 0 Å². The highest BCUT2D eigenvalue weighted by Gasteiger charge is 2.24. The van der Waals surface area contributed by atoms with E-state index >= 15 is 0 Å². The third-order valence-corrected chi connectivity index (χ3v) is 4.33. The van der Waals surface area contributed by atoms with Crippen molar-refractivity contribution in [2.75, 3.05) is 36.4 Å². The Morgan fingerprint density at radius 3 is 2.63 bits per heavy atom. The van der Waals surface area contributed by atoms with Crippen molar-refractivity contribution in [2.45, 2.75) is 13.8 Å². The zero-order valence-corrected chi connectivity index (χ0v) is 15.2. The molecule has 0 spiro atoms. The molecule has 27 heavy (non-hydrogen) atoms. The summed E-state index contributed by atoms with van der Waals surface area (Å²) in [5.74, 6) is 2.85. The van der Waals surface area contributed by atoms with Crippen molar-refractivity contribution in [1.82, 2.24) is 20.0 Å². The summed E-state index contributed by atoms with van der Waals surface area (Å²) in [5, 5.41) is 6.96. The van der Waals surface area contributed by atoms with Crippen LogP contribution >= 0.6 is 0 Å². The molecule has 1 aliphatic rings. The normalized spacial score (nSPS) is 14.4. The van der Waals surface area contributed by atoms with E-state index in [2.05, 4.69) is 25.3 Å². The molecule has 4 heterocycles. The molecule has 3 aromatic rings. The molecule has 140 valence electrons. The van der Waals surface area contributed by atoms with E-state index in [-0.39, 0.29) is 5.91 Å². The van der Waals surface area contributed by atoms with Gasteiger partial charge in [-0.2, -0.15) is 4.98 Å². The van der Waals surface area contributed by atoms with E-state index in [1.54, 1.807) is 23.1 Å². The Labute approximate surface area is 156 Å². The van der Waals surface area contributed by atoms with Gasteiger partial charge in [0.05, 0.1) is 6.26 Å². The second kappa shape index (κ2) is 7.10. The second-order valence-corrected chi connectivity index (χ2v) is 6.40. The summed E-state index contributed by atoms with van der Waals surface area (Å²) >= 11 is 0. The van der Waals surface area contributed by atoms with E-state index in [1.165, 1.54) is 6.26 Å². The molecule has 0 radical (unpaired) electrons. The molecule has 1 N–H and O–H groups in total. The van der Waals surface area contributed by atoms with Crippen LogP contribution in [0.1, 0.15) is 22.0 Å². The number of amides is 1. The fraction of sp³-hybridized carbons (Fsp3) is 0.333. The average molecular weight is 368 g/mol. The minimum Gasteiger partial charge on any atom is -0.459 e. The summed E-state index contributed by atoms with van der Waals surface area (Å²) < 4.78 is 10.3. The molecular formula is C18H20N6O3. The average Bonchev–Trinajstić information content (AvgIpc) is 3.33. The molecule has 3 aromatic heterocycles. The number of nitrogens with one attached hydrogen (secondary N) is 1. The van der Waals surface area contributed by atoms with E-state index in [4.69, 9.17) is 8.94 Å². The van der Waals surface area contributed by atoms with Crippen LogP contribution in [-0.4, -0.2) is 52.1 Å². The smallest absolute Gasteiger partial charge is 0.289 e. The van der Waals surface area contributed by atoms with Gasteiger partial charge < -0.3 is 24.1 Å². The van der Waals surface area contributed by atoms with Crippen molar-refractivity contribution in [3.63, 3.8) is 0 Å². The monoisotopic (exact) mass is 368 g/mol. The molecule has 0 atom stereocenters. The van der Waals surface area contributed by atoms with E-state index < -0.39 is 0 Å². The number of anilines is 3. The van der Waals surface area contributed by atoms with Crippen molar-refractivity contribution < 1.29 is 13.7 Å². The van der Waals surface area contributed by atoms with Gasteiger partial charge >= 0.3 is 0 Å². The highest BCUT2D eigenvalue weighted by Crippen LogP contribution is 2.20. The van der Waals surface area contributed by atoms with Gasteiger partial charge in [0.2, 0.25) is 5.95 Å². The van der Waals surface area contributed by atoms with E-state index in [1.807, 2.05) is 19.9 Å². The first-order valence-corrected chi connectivity index (χ1v) is 8.72. The number of aromatic nitrogens is 3. The quantitative estimate of drug-likeness (QED) is 0.749. The van der Waals surface area contributed by atoms with Gasteiger partial charge in [-0.15, -0.1) is 0 Å². The van der Waals surface area contributed by atoms with Crippen LogP contribution < -0.4 is 10.2 Å². The zero-order chi connectivity index (χ0) is 18.8. The Kier molecular flexibility index (Phi) is 4.49. The van der Waals surface area contributed by atoms with E-state index in [0.717, 1.165) is 11.5 Å². The number of carbonyl (C=O) groups excluding carboxylic acids is 1. The molecule has 4 rings (SSSR count). The minimum atomic E-state index is -0.0812. The Bertz CT molecular complexity index is 928. The first kappa shape index (κ1) is 17.1. The highest BCUT2D eigenvalue weighted by atomic mass is 16.5. The molecule has 1 amide bonds. The summed E-state index contributed by atoms with van der Waals surface area (Å²) in [5.41, 5.74) is 0.844. The van der Waals surface area contributed by atoms with Crippen LogP contribution in [0.25, 0.3) is 0 Å². The molecule has 9 heteroatoms. The minimum absolute atomic E-state index is 0.0812. The molecule has 0 bridgehead atoms. The SMILES string of the molecule is Cc1cc(N2CCN(C(=O)c3ccco3)CC2)nc(Nc2cc(C)on2)n1. The molecular weight excluding hydrogens is 348 g/mol. The number of aryl methyl sites for hydroxylation is 2. The van der Waals surface area contributed by atoms with Gasteiger partial charge in [-0.1, -0.05) is 5.16 Å². The number of hydrogen-bond donors (Lipinski definition) is 1. The Hall–Kier alpha value is -3.36. The molecule has 0 aromatic carbocycles. The molecule has 0 aliphatic carbocycles. The first-order valence-electron chi connectivity index (χ1n) is 8.72. The third kappa shape index (κ3) is 3.76. The third-order valence-electron chi connectivity index (χ3n) is 4.33. The summed E-state index contributed by atoms with van der Waals surface area (Å²) in [6.07, 6.45) is 1.51. The van der Waals surface area contributed by atoms with Crippen molar-refractivity contribution >= 4 is 23.5 Å². The van der Waals surface area contributed by atoms with Crippen molar-refractivity contribution in [2.24, 2.45) is 0 Å². The Balaban J connectivity index is 1.44. The van der Waals surface area contributed by atoms with Gasteiger partial charge in [-0.25, -0.2) is 4.98 Å². The molecule has 1 aliphatic heterocycles. The summed E-state index contributed by atoms with van der Waals surface area (Å²) in [4.78, 5) is 25.3. The summed E-state index contributed by atoms with van der Waals surface area (Å²) in [6.45, 7) is 6.32. The topological polar surface area (TPSA) is 101 Å². The standard InChI is InChI=1S/C18H20N6O3/c1-12-10-16(21-18(19-12)20-15-11-13(2)27-22-15)23-5-7-24(8-6-23)17(25)14-4-3-9-26-14/h3-4,9-11H,5-8H2,1-2H3,(H,19,20,21,22). The second-order valence-electron chi connectivity index (χ2n) is 6.40. The Morgan fingerprint density at radius 1 is 1.15 bits per heavy atom. The molecule has 1 fully saturated rings. The maximum absolute atomic E-state index is 12.4. The van der Waals surface area contributed by atoms with Crippen LogP contribution in [0.2, 0.25) is 0 Å².